The summed E-state index contributed by atoms with van der Waals surface area (Å²) < 4.78 is 4.71. The van der Waals surface area contributed by atoms with Crippen molar-refractivity contribution in [3.8, 4) is 0 Å². The predicted octanol–water partition coefficient (Wildman–Crippen LogP) is 1.52. The van der Waals surface area contributed by atoms with Crippen molar-refractivity contribution < 1.29 is 9.53 Å². The molecule has 0 N–H and O–H groups in total. The fourth-order valence-electron chi connectivity index (χ4n) is 0.339. The highest BCUT2D eigenvalue weighted by Gasteiger charge is 1.92. The Bertz CT molecular complexity index is 105. The SMILES string of the molecule is C/C=C/COC(=O)CC. The highest BCUT2D eigenvalue weighted by molar-refractivity contribution is 5.68. The molecule has 0 bridgehead atoms. The smallest absolute Gasteiger partial charge is 0.305 e. The highest BCUT2D eigenvalue weighted by atomic mass is 16.5. The van der Waals surface area contributed by atoms with E-state index in [1.165, 1.54) is 0 Å². The summed E-state index contributed by atoms with van der Waals surface area (Å²) in [5, 5.41) is 0. The van der Waals surface area contributed by atoms with E-state index in [1.54, 1.807) is 13.0 Å². The molecule has 0 aliphatic heterocycles. The van der Waals surface area contributed by atoms with E-state index < -0.39 is 0 Å². The van der Waals surface area contributed by atoms with Crippen molar-refractivity contribution in [3.05, 3.63) is 12.2 Å². The van der Waals surface area contributed by atoms with Crippen molar-refractivity contribution in [1.29, 1.82) is 0 Å². The van der Waals surface area contributed by atoms with Crippen molar-refractivity contribution in [2.75, 3.05) is 6.61 Å². The molecule has 0 aliphatic rings. The number of ether oxygens (including phenoxy) is 1. The molecule has 0 aromatic heterocycles. The molecule has 0 aromatic rings. The maximum atomic E-state index is 10.4. The summed E-state index contributed by atoms with van der Waals surface area (Å²) in [6, 6.07) is 0. The summed E-state index contributed by atoms with van der Waals surface area (Å²) in [7, 11) is 0. The number of hydrogen-bond donors (Lipinski definition) is 0. The zero-order valence-electron chi connectivity index (χ0n) is 5.89. The van der Waals surface area contributed by atoms with Gasteiger partial charge in [0.1, 0.15) is 6.61 Å². The molecule has 0 saturated heterocycles. The van der Waals surface area contributed by atoms with Crippen molar-refractivity contribution in [3.63, 3.8) is 0 Å². The third-order valence-electron chi connectivity index (χ3n) is 0.865. The van der Waals surface area contributed by atoms with Gasteiger partial charge in [0.05, 0.1) is 0 Å². The number of rotatable bonds is 3. The number of allylic oxidation sites excluding steroid dienone is 1. The molecule has 9 heavy (non-hydrogen) atoms. The van der Waals surface area contributed by atoms with E-state index in [9.17, 15) is 4.79 Å². The first kappa shape index (κ1) is 8.21. The molecule has 0 fully saturated rings. The Morgan fingerprint density at radius 3 is 2.78 bits per heavy atom. The second-order valence-electron chi connectivity index (χ2n) is 1.61. The van der Waals surface area contributed by atoms with Crippen LogP contribution in [-0.2, 0) is 9.53 Å². The van der Waals surface area contributed by atoms with Gasteiger partial charge in [0.15, 0.2) is 0 Å². The van der Waals surface area contributed by atoms with E-state index >= 15 is 0 Å². The van der Waals surface area contributed by atoms with Crippen LogP contribution in [0.15, 0.2) is 12.2 Å². The van der Waals surface area contributed by atoms with Gasteiger partial charge in [0.2, 0.25) is 0 Å². The van der Waals surface area contributed by atoms with E-state index in [2.05, 4.69) is 0 Å². The van der Waals surface area contributed by atoms with Gasteiger partial charge in [0.25, 0.3) is 0 Å². The molecule has 0 radical (unpaired) electrons. The van der Waals surface area contributed by atoms with E-state index in [0.29, 0.717) is 13.0 Å². The molecule has 0 spiro atoms. The van der Waals surface area contributed by atoms with Crippen LogP contribution < -0.4 is 0 Å². The van der Waals surface area contributed by atoms with Gasteiger partial charge < -0.3 is 4.74 Å². The van der Waals surface area contributed by atoms with E-state index in [-0.39, 0.29) is 5.97 Å². The molecule has 0 atom stereocenters. The minimum absolute atomic E-state index is 0.145. The normalized spacial score (nSPS) is 10.0. The van der Waals surface area contributed by atoms with Crippen molar-refractivity contribution in [2.24, 2.45) is 0 Å². The number of carbonyl (C=O) groups is 1. The monoisotopic (exact) mass is 128 g/mol. The Hall–Kier alpha value is -0.790. The molecule has 0 aromatic carbocycles. The van der Waals surface area contributed by atoms with Gasteiger partial charge in [-0.1, -0.05) is 19.1 Å². The zero-order valence-corrected chi connectivity index (χ0v) is 5.89. The summed E-state index contributed by atoms with van der Waals surface area (Å²) in [6.07, 6.45) is 4.11. The van der Waals surface area contributed by atoms with E-state index in [1.807, 2.05) is 13.0 Å². The Kier molecular flexibility index (Phi) is 4.88. The third kappa shape index (κ3) is 5.07. The molecule has 52 valence electrons. The van der Waals surface area contributed by atoms with Crippen LogP contribution in [0.5, 0.6) is 0 Å². The van der Waals surface area contributed by atoms with Crippen LogP contribution in [0.25, 0.3) is 0 Å². The maximum Gasteiger partial charge on any atom is 0.305 e. The summed E-state index contributed by atoms with van der Waals surface area (Å²) in [5.74, 6) is -0.145. The molecule has 0 rings (SSSR count). The van der Waals surface area contributed by atoms with Gasteiger partial charge in [-0.05, 0) is 6.92 Å². The Morgan fingerprint density at radius 1 is 1.67 bits per heavy atom. The van der Waals surface area contributed by atoms with Crippen LogP contribution in [0.1, 0.15) is 20.3 Å². The van der Waals surface area contributed by atoms with Gasteiger partial charge >= 0.3 is 5.97 Å². The molecule has 0 unspecified atom stereocenters. The van der Waals surface area contributed by atoms with Crippen LogP contribution in [0.3, 0.4) is 0 Å². The van der Waals surface area contributed by atoms with E-state index in [0.717, 1.165) is 0 Å². The van der Waals surface area contributed by atoms with Crippen molar-refractivity contribution in [2.45, 2.75) is 20.3 Å². The summed E-state index contributed by atoms with van der Waals surface area (Å²) in [5.41, 5.74) is 0. The minimum Gasteiger partial charge on any atom is -0.461 e. The number of esters is 1. The first-order chi connectivity index (χ1) is 4.31. The zero-order chi connectivity index (χ0) is 7.11. The Morgan fingerprint density at radius 2 is 2.33 bits per heavy atom. The first-order valence-electron chi connectivity index (χ1n) is 3.08. The lowest BCUT2D eigenvalue weighted by molar-refractivity contribution is -0.141. The molecule has 0 aliphatic carbocycles. The van der Waals surface area contributed by atoms with Crippen LogP contribution in [0.2, 0.25) is 0 Å². The summed E-state index contributed by atoms with van der Waals surface area (Å²) in [4.78, 5) is 10.4. The largest absolute Gasteiger partial charge is 0.461 e. The fourth-order valence-corrected chi connectivity index (χ4v) is 0.339. The molecule has 2 heteroatoms. The molecule has 0 saturated carbocycles. The lowest BCUT2D eigenvalue weighted by atomic mass is 10.5. The lowest BCUT2D eigenvalue weighted by Crippen LogP contribution is -2.01. The lowest BCUT2D eigenvalue weighted by Gasteiger charge is -1.95. The summed E-state index contributed by atoms with van der Waals surface area (Å²) in [6.45, 7) is 4.07. The third-order valence-corrected chi connectivity index (χ3v) is 0.865. The Balaban J connectivity index is 3.17. The highest BCUT2D eigenvalue weighted by Crippen LogP contribution is 1.83. The second kappa shape index (κ2) is 5.35. The average molecular weight is 128 g/mol. The fraction of sp³-hybridized carbons (Fsp3) is 0.571. The van der Waals surface area contributed by atoms with Gasteiger partial charge in [-0.25, -0.2) is 0 Å². The number of carbonyl (C=O) groups excluding carboxylic acids is 1. The average Bonchev–Trinajstić information content (AvgIpc) is 1.89. The summed E-state index contributed by atoms with van der Waals surface area (Å²) >= 11 is 0. The topological polar surface area (TPSA) is 26.3 Å². The minimum atomic E-state index is -0.145. The molecule has 0 amide bonds. The van der Waals surface area contributed by atoms with Crippen molar-refractivity contribution in [1.82, 2.24) is 0 Å². The number of hydrogen-bond acceptors (Lipinski definition) is 2. The van der Waals surface area contributed by atoms with Crippen LogP contribution >= 0.6 is 0 Å². The van der Waals surface area contributed by atoms with Gasteiger partial charge in [-0.15, -0.1) is 0 Å². The first-order valence-corrected chi connectivity index (χ1v) is 3.08. The van der Waals surface area contributed by atoms with Crippen LogP contribution in [0.4, 0.5) is 0 Å². The second-order valence-corrected chi connectivity index (χ2v) is 1.61. The predicted molar refractivity (Wildman–Crippen MR) is 36.1 cm³/mol. The van der Waals surface area contributed by atoms with Crippen molar-refractivity contribution >= 4 is 5.97 Å². The molecular weight excluding hydrogens is 116 g/mol. The van der Waals surface area contributed by atoms with E-state index in [4.69, 9.17) is 4.74 Å². The standard InChI is InChI=1S/C7H12O2/c1-3-5-6-9-7(8)4-2/h3,5H,4,6H2,1-2H3/b5-3+. The molecular formula is C7H12O2. The van der Waals surface area contributed by atoms with Gasteiger partial charge in [0, 0.05) is 6.42 Å². The van der Waals surface area contributed by atoms with Crippen LogP contribution in [0, 0.1) is 0 Å². The quantitative estimate of drug-likeness (QED) is 0.425. The maximum absolute atomic E-state index is 10.4. The Labute approximate surface area is 55.5 Å². The molecule has 2 nitrogen and oxygen atoms in total. The van der Waals surface area contributed by atoms with Crippen LogP contribution in [-0.4, -0.2) is 12.6 Å². The van der Waals surface area contributed by atoms with Gasteiger partial charge in [-0.2, -0.15) is 0 Å². The molecule has 0 heterocycles. The van der Waals surface area contributed by atoms with Gasteiger partial charge in [-0.3, -0.25) is 4.79 Å².